The highest BCUT2D eigenvalue weighted by Gasteiger charge is 2.44. The predicted molar refractivity (Wildman–Crippen MR) is 121 cm³/mol. The van der Waals surface area contributed by atoms with Crippen LogP contribution in [0.1, 0.15) is 46.9 Å². The van der Waals surface area contributed by atoms with Gasteiger partial charge in [0.25, 0.3) is 17.5 Å². The van der Waals surface area contributed by atoms with Crippen molar-refractivity contribution in [1.82, 2.24) is 9.21 Å². The van der Waals surface area contributed by atoms with Crippen molar-refractivity contribution in [2.24, 2.45) is 0 Å². The number of hydrogen-bond donors (Lipinski definition) is 1. The molecule has 0 aliphatic carbocycles. The topological polar surface area (TPSA) is 147 Å². The van der Waals surface area contributed by atoms with E-state index < -0.39 is 44.4 Å². The van der Waals surface area contributed by atoms with Gasteiger partial charge in [-0.15, -0.1) is 0 Å². The number of fused-ring (bicyclic) bond motifs is 1. The highest BCUT2D eigenvalue weighted by atomic mass is 32.2. The van der Waals surface area contributed by atoms with Crippen LogP contribution in [0.3, 0.4) is 0 Å². The summed E-state index contributed by atoms with van der Waals surface area (Å²) in [6.07, 6.45) is 2.54. The van der Waals surface area contributed by atoms with Crippen molar-refractivity contribution in [3.8, 4) is 0 Å². The van der Waals surface area contributed by atoms with E-state index in [4.69, 9.17) is 0 Å². The first-order valence-corrected chi connectivity index (χ1v) is 12.1. The first-order chi connectivity index (χ1) is 16.1. The Morgan fingerprint density at radius 2 is 1.74 bits per heavy atom. The number of imide groups is 1. The van der Waals surface area contributed by atoms with E-state index in [0.717, 1.165) is 25.3 Å². The molecule has 2 aliphatic rings. The zero-order chi connectivity index (χ0) is 24.6. The van der Waals surface area contributed by atoms with Crippen molar-refractivity contribution >= 4 is 39.1 Å². The molecule has 2 heterocycles. The molecule has 11 nitrogen and oxygen atoms in total. The number of sulfonamides is 1. The Bertz CT molecular complexity index is 1300. The van der Waals surface area contributed by atoms with Crippen LogP contribution in [0.4, 0.5) is 11.4 Å². The third-order valence-corrected chi connectivity index (χ3v) is 7.84. The molecular weight excluding hydrogens is 464 g/mol. The largest absolute Gasteiger partial charge is 0.324 e. The summed E-state index contributed by atoms with van der Waals surface area (Å²) in [5, 5.41) is 13.8. The molecule has 12 heteroatoms. The number of nitro groups is 1. The average molecular weight is 487 g/mol. The monoisotopic (exact) mass is 486 g/mol. The predicted octanol–water partition coefficient (Wildman–Crippen LogP) is 2.39. The maximum atomic E-state index is 12.9. The third-order valence-electron chi connectivity index (χ3n) is 5.94. The summed E-state index contributed by atoms with van der Waals surface area (Å²) < 4.78 is 27.3. The van der Waals surface area contributed by atoms with Gasteiger partial charge in [-0.05, 0) is 44.0 Å². The Kier molecular flexibility index (Phi) is 6.19. The molecule has 0 saturated carbocycles. The molecule has 0 unspecified atom stereocenters. The lowest BCUT2D eigenvalue weighted by Crippen LogP contribution is -2.45. The number of benzene rings is 2. The van der Waals surface area contributed by atoms with Gasteiger partial charge < -0.3 is 5.32 Å². The fourth-order valence-electron chi connectivity index (χ4n) is 4.14. The van der Waals surface area contributed by atoms with Gasteiger partial charge in [-0.3, -0.25) is 29.4 Å². The van der Waals surface area contributed by atoms with E-state index in [2.05, 4.69) is 5.32 Å². The molecule has 1 saturated heterocycles. The van der Waals surface area contributed by atoms with Crippen LogP contribution in [-0.2, 0) is 14.8 Å². The normalized spacial score (nSPS) is 17.4. The van der Waals surface area contributed by atoms with E-state index in [1.54, 1.807) is 0 Å². The number of anilines is 1. The van der Waals surface area contributed by atoms with Gasteiger partial charge in [-0.1, -0.05) is 18.6 Å². The van der Waals surface area contributed by atoms with Gasteiger partial charge in [0.2, 0.25) is 15.9 Å². The van der Waals surface area contributed by atoms with E-state index in [9.17, 15) is 32.9 Å². The summed E-state index contributed by atoms with van der Waals surface area (Å²) in [6, 6.07) is 8.15. The van der Waals surface area contributed by atoms with Crippen LogP contribution in [-0.4, -0.2) is 59.4 Å². The SMILES string of the molecule is C[C@@H](C(=O)Nc1cccc(S(=O)(=O)N2CCCCC2)c1)N1C(=O)c2cccc([N+](=O)[O-])c2C1=O. The van der Waals surface area contributed by atoms with Crippen molar-refractivity contribution in [3.05, 3.63) is 63.7 Å². The molecule has 0 bridgehead atoms. The van der Waals surface area contributed by atoms with Crippen LogP contribution in [0.5, 0.6) is 0 Å². The fourth-order valence-corrected chi connectivity index (χ4v) is 5.71. The maximum Gasteiger partial charge on any atom is 0.282 e. The molecule has 3 amide bonds. The number of carbonyl (C=O) groups is 3. The first-order valence-electron chi connectivity index (χ1n) is 10.7. The van der Waals surface area contributed by atoms with Gasteiger partial charge >= 0.3 is 0 Å². The Morgan fingerprint density at radius 1 is 1.06 bits per heavy atom. The summed E-state index contributed by atoms with van der Waals surface area (Å²) in [7, 11) is -3.72. The third kappa shape index (κ3) is 4.05. The highest BCUT2D eigenvalue weighted by Crippen LogP contribution is 2.32. The fraction of sp³-hybridized carbons (Fsp3) is 0.318. The summed E-state index contributed by atoms with van der Waals surface area (Å²) in [4.78, 5) is 49.7. The van der Waals surface area contributed by atoms with Crippen LogP contribution in [0, 0.1) is 10.1 Å². The van der Waals surface area contributed by atoms with Crippen molar-refractivity contribution in [1.29, 1.82) is 0 Å². The summed E-state index contributed by atoms with van der Waals surface area (Å²) in [5.74, 6) is -2.49. The van der Waals surface area contributed by atoms with E-state index in [1.807, 2.05) is 0 Å². The minimum atomic E-state index is -3.72. The molecule has 4 rings (SSSR count). The van der Waals surface area contributed by atoms with Crippen LogP contribution in [0.2, 0.25) is 0 Å². The summed E-state index contributed by atoms with van der Waals surface area (Å²) >= 11 is 0. The number of nitrogens with zero attached hydrogens (tertiary/aromatic N) is 3. The zero-order valence-corrected chi connectivity index (χ0v) is 19.1. The molecule has 1 atom stereocenters. The average Bonchev–Trinajstić information content (AvgIpc) is 3.09. The van der Waals surface area contributed by atoms with Crippen molar-refractivity contribution < 1.29 is 27.7 Å². The Morgan fingerprint density at radius 3 is 2.41 bits per heavy atom. The summed E-state index contributed by atoms with van der Waals surface area (Å²) in [5.41, 5.74) is -0.834. The van der Waals surface area contributed by atoms with Crippen LogP contribution < -0.4 is 5.32 Å². The molecule has 178 valence electrons. The molecule has 0 aromatic heterocycles. The van der Waals surface area contributed by atoms with Crippen LogP contribution >= 0.6 is 0 Å². The molecule has 2 aromatic carbocycles. The zero-order valence-electron chi connectivity index (χ0n) is 18.3. The van der Waals surface area contributed by atoms with Crippen LogP contribution in [0.25, 0.3) is 0 Å². The molecule has 1 fully saturated rings. The molecular formula is C22H22N4O7S. The van der Waals surface area contributed by atoms with Crippen molar-refractivity contribution in [2.75, 3.05) is 18.4 Å². The molecule has 2 aromatic rings. The molecule has 34 heavy (non-hydrogen) atoms. The van der Waals surface area contributed by atoms with Crippen molar-refractivity contribution in [3.63, 3.8) is 0 Å². The first kappa shape index (κ1) is 23.5. The Labute approximate surface area is 195 Å². The lowest BCUT2D eigenvalue weighted by atomic mass is 10.1. The lowest BCUT2D eigenvalue weighted by molar-refractivity contribution is -0.385. The smallest absolute Gasteiger partial charge is 0.282 e. The minimum absolute atomic E-state index is 0.0243. The Balaban J connectivity index is 1.54. The number of rotatable bonds is 6. The standard InChI is InChI=1S/C22H22N4O7S/c1-14(25-21(28)17-9-6-10-18(26(30)31)19(17)22(25)29)20(27)23-15-7-5-8-16(13-15)34(32,33)24-11-3-2-4-12-24/h5-10,13-14H,2-4,11-12H2,1H3,(H,23,27)/t14-/m0/s1. The van der Waals surface area contributed by atoms with Crippen molar-refractivity contribution in [2.45, 2.75) is 37.1 Å². The number of nitrogens with one attached hydrogen (secondary N) is 1. The molecule has 2 aliphatic heterocycles. The Hall–Kier alpha value is -3.64. The number of amides is 3. The second-order valence-electron chi connectivity index (χ2n) is 8.09. The quantitative estimate of drug-likeness (QED) is 0.374. The number of hydrogen-bond acceptors (Lipinski definition) is 7. The van der Waals surface area contributed by atoms with E-state index >= 15 is 0 Å². The summed E-state index contributed by atoms with van der Waals surface area (Å²) in [6.45, 7) is 2.18. The lowest BCUT2D eigenvalue weighted by Gasteiger charge is -2.26. The molecule has 0 radical (unpaired) electrons. The number of carbonyl (C=O) groups excluding carboxylic acids is 3. The van der Waals surface area contributed by atoms with E-state index in [0.29, 0.717) is 18.0 Å². The second kappa shape index (κ2) is 8.95. The molecule has 1 N–H and O–H groups in total. The van der Waals surface area contributed by atoms with Gasteiger partial charge in [0.05, 0.1) is 15.4 Å². The van der Waals surface area contributed by atoms with Gasteiger partial charge in [-0.25, -0.2) is 8.42 Å². The molecule has 0 spiro atoms. The van der Waals surface area contributed by atoms with E-state index in [-0.39, 0.29) is 21.7 Å². The van der Waals surface area contributed by atoms with Gasteiger partial charge in [0, 0.05) is 24.8 Å². The number of piperidine rings is 1. The maximum absolute atomic E-state index is 12.9. The van der Waals surface area contributed by atoms with Gasteiger partial charge in [0.15, 0.2) is 0 Å². The van der Waals surface area contributed by atoms with Crippen LogP contribution in [0.15, 0.2) is 47.4 Å². The van der Waals surface area contributed by atoms with Gasteiger partial charge in [0.1, 0.15) is 11.6 Å². The van der Waals surface area contributed by atoms with E-state index in [1.165, 1.54) is 47.6 Å². The number of nitro benzene ring substituents is 1. The second-order valence-corrected chi connectivity index (χ2v) is 10.0. The highest BCUT2D eigenvalue weighted by molar-refractivity contribution is 7.89. The minimum Gasteiger partial charge on any atom is -0.324 e. The van der Waals surface area contributed by atoms with Gasteiger partial charge in [-0.2, -0.15) is 4.31 Å².